The fourth-order valence-electron chi connectivity index (χ4n) is 1.90. The van der Waals surface area contributed by atoms with Crippen molar-refractivity contribution < 1.29 is 9.53 Å². The van der Waals surface area contributed by atoms with E-state index in [-0.39, 0.29) is 0 Å². The number of ether oxygens (including phenoxy) is 1. The first-order valence-corrected chi connectivity index (χ1v) is 6.88. The summed E-state index contributed by atoms with van der Waals surface area (Å²) >= 11 is 0. The fraction of sp³-hybridized carbons (Fsp3) is 0.176. The van der Waals surface area contributed by atoms with Gasteiger partial charge in [0, 0.05) is 6.42 Å². The van der Waals surface area contributed by atoms with E-state index in [1.54, 1.807) is 6.92 Å². The second-order valence-electron chi connectivity index (χ2n) is 4.42. The van der Waals surface area contributed by atoms with Gasteiger partial charge < -0.3 is 4.74 Å². The predicted molar refractivity (Wildman–Crippen MR) is 83.3 cm³/mol. The van der Waals surface area contributed by atoms with Crippen molar-refractivity contribution in [1.82, 2.24) is 5.43 Å². The van der Waals surface area contributed by atoms with E-state index in [9.17, 15) is 4.79 Å². The lowest BCUT2D eigenvalue weighted by atomic mass is 10.0. The number of hydrogen-bond acceptors (Lipinski definition) is 3. The third kappa shape index (κ3) is 4.76. The maximum absolute atomic E-state index is 11.4. The molecule has 4 heteroatoms. The Bertz CT molecular complexity index is 595. The second kappa shape index (κ2) is 7.85. The monoisotopic (exact) mass is 282 g/mol. The number of amides is 1. The van der Waals surface area contributed by atoms with Gasteiger partial charge in [0.2, 0.25) is 0 Å². The Hall–Kier alpha value is -2.62. The smallest absolute Gasteiger partial charge is 0.427 e. The van der Waals surface area contributed by atoms with Crippen molar-refractivity contribution in [3.05, 3.63) is 71.8 Å². The average molecular weight is 282 g/mol. The van der Waals surface area contributed by atoms with Gasteiger partial charge >= 0.3 is 6.09 Å². The second-order valence-corrected chi connectivity index (χ2v) is 4.42. The van der Waals surface area contributed by atoms with Crippen LogP contribution in [0.5, 0.6) is 0 Å². The van der Waals surface area contributed by atoms with E-state index in [1.807, 2.05) is 60.7 Å². The quantitative estimate of drug-likeness (QED) is 0.675. The third-order valence-corrected chi connectivity index (χ3v) is 2.88. The number of rotatable bonds is 5. The molecule has 1 N–H and O–H groups in total. The van der Waals surface area contributed by atoms with Crippen LogP contribution in [-0.2, 0) is 11.2 Å². The minimum absolute atomic E-state index is 0.320. The Kier molecular flexibility index (Phi) is 5.52. The molecule has 2 aromatic rings. The summed E-state index contributed by atoms with van der Waals surface area (Å²) < 4.78 is 4.82. The van der Waals surface area contributed by atoms with Crippen LogP contribution in [0, 0.1) is 0 Å². The van der Waals surface area contributed by atoms with Gasteiger partial charge in [-0.05, 0) is 18.1 Å². The number of nitrogens with zero attached hydrogens (tertiary/aromatic N) is 1. The zero-order valence-electron chi connectivity index (χ0n) is 12.0. The summed E-state index contributed by atoms with van der Waals surface area (Å²) in [4.78, 5) is 11.4. The molecule has 108 valence electrons. The number of carbonyl (C=O) groups excluding carboxylic acids is 1. The maximum Gasteiger partial charge on any atom is 0.427 e. The molecule has 0 saturated heterocycles. The Labute approximate surface area is 124 Å². The van der Waals surface area contributed by atoms with Crippen LogP contribution < -0.4 is 5.43 Å². The van der Waals surface area contributed by atoms with Gasteiger partial charge in [-0.3, -0.25) is 0 Å². The zero-order valence-corrected chi connectivity index (χ0v) is 12.0. The van der Waals surface area contributed by atoms with Crippen LogP contribution in [-0.4, -0.2) is 18.4 Å². The fourth-order valence-corrected chi connectivity index (χ4v) is 1.90. The minimum atomic E-state index is -0.543. The number of carbonyl (C=O) groups is 1. The molecule has 2 rings (SSSR count). The van der Waals surface area contributed by atoms with E-state index in [0.29, 0.717) is 13.0 Å². The lowest BCUT2D eigenvalue weighted by Crippen LogP contribution is -2.21. The van der Waals surface area contributed by atoms with E-state index in [1.165, 1.54) is 0 Å². The van der Waals surface area contributed by atoms with E-state index in [4.69, 9.17) is 4.74 Å². The first kappa shape index (κ1) is 14.8. The van der Waals surface area contributed by atoms with Crippen molar-refractivity contribution >= 4 is 11.8 Å². The van der Waals surface area contributed by atoms with Gasteiger partial charge in [-0.25, -0.2) is 10.2 Å². The summed E-state index contributed by atoms with van der Waals surface area (Å²) in [6, 6.07) is 19.8. The van der Waals surface area contributed by atoms with E-state index in [0.717, 1.165) is 16.8 Å². The maximum atomic E-state index is 11.4. The molecular formula is C17H18N2O2. The van der Waals surface area contributed by atoms with Gasteiger partial charge in [0.1, 0.15) is 0 Å². The van der Waals surface area contributed by atoms with E-state index >= 15 is 0 Å². The van der Waals surface area contributed by atoms with Crippen molar-refractivity contribution in [3.63, 3.8) is 0 Å². The van der Waals surface area contributed by atoms with Crippen LogP contribution in [0.2, 0.25) is 0 Å². The van der Waals surface area contributed by atoms with Crippen molar-refractivity contribution in [2.75, 3.05) is 6.61 Å². The Morgan fingerprint density at radius 2 is 1.67 bits per heavy atom. The highest BCUT2D eigenvalue weighted by Crippen LogP contribution is 2.08. The van der Waals surface area contributed by atoms with Gasteiger partial charge in [-0.1, -0.05) is 60.7 Å². The normalized spacial score (nSPS) is 11.0. The number of nitrogens with one attached hydrogen (secondary N) is 1. The van der Waals surface area contributed by atoms with Crippen molar-refractivity contribution in [3.8, 4) is 0 Å². The minimum Gasteiger partial charge on any atom is -0.449 e. The van der Waals surface area contributed by atoms with Crippen molar-refractivity contribution in [2.24, 2.45) is 5.10 Å². The summed E-state index contributed by atoms with van der Waals surface area (Å²) in [6.07, 6.45) is 0.0936. The number of hydrogen-bond donors (Lipinski definition) is 1. The average Bonchev–Trinajstić information content (AvgIpc) is 2.53. The summed E-state index contributed by atoms with van der Waals surface area (Å²) in [5.41, 5.74) is 5.32. The third-order valence-electron chi connectivity index (χ3n) is 2.88. The van der Waals surface area contributed by atoms with Gasteiger partial charge in [0.25, 0.3) is 0 Å². The lowest BCUT2D eigenvalue weighted by Gasteiger charge is -2.08. The highest BCUT2D eigenvalue weighted by Gasteiger charge is 2.06. The molecule has 21 heavy (non-hydrogen) atoms. The first-order chi connectivity index (χ1) is 10.3. The largest absolute Gasteiger partial charge is 0.449 e. The SMILES string of the molecule is CCOC(=O)NN=C(Cc1ccccc1)c1ccccc1. The summed E-state index contributed by atoms with van der Waals surface area (Å²) in [5, 5.41) is 4.20. The van der Waals surface area contributed by atoms with Gasteiger partial charge in [0.15, 0.2) is 0 Å². The van der Waals surface area contributed by atoms with Gasteiger partial charge in [-0.2, -0.15) is 5.10 Å². The van der Waals surface area contributed by atoms with Crippen molar-refractivity contribution in [2.45, 2.75) is 13.3 Å². The van der Waals surface area contributed by atoms with Crippen LogP contribution in [0.1, 0.15) is 18.1 Å². The van der Waals surface area contributed by atoms with E-state index in [2.05, 4.69) is 10.5 Å². The van der Waals surface area contributed by atoms with Crippen LogP contribution in [0.25, 0.3) is 0 Å². The lowest BCUT2D eigenvalue weighted by molar-refractivity contribution is 0.152. The molecule has 0 aromatic heterocycles. The van der Waals surface area contributed by atoms with Crippen LogP contribution in [0.15, 0.2) is 65.8 Å². The molecule has 0 heterocycles. The Balaban J connectivity index is 2.18. The Morgan fingerprint density at radius 1 is 1.05 bits per heavy atom. The summed E-state index contributed by atoms with van der Waals surface area (Å²) in [6.45, 7) is 2.08. The van der Waals surface area contributed by atoms with Crippen LogP contribution >= 0.6 is 0 Å². The molecule has 0 saturated carbocycles. The molecular weight excluding hydrogens is 264 g/mol. The van der Waals surface area contributed by atoms with Crippen molar-refractivity contribution in [1.29, 1.82) is 0 Å². The zero-order chi connectivity index (χ0) is 14.9. The van der Waals surface area contributed by atoms with Gasteiger partial charge in [0.05, 0.1) is 12.3 Å². The number of benzene rings is 2. The molecule has 0 radical (unpaired) electrons. The molecule has 0 spiro atoms. The van der Waals surface area contributed by atoms with E-state index < -0.39 is 6.09 Å². The molecule has 0 fully saturated rings. The molecule has 0 unspecified atom stereocenters. The molecule has 0 aliphatic carbocycles. The highest BCUT2D eigenvalue weighted by atomic mass is 16.5. The molecule has 0 bridgehead atoms. The Morgan fingerprint density at radius 3 is 2.29 bits per heavy atom. The molecule has 0 aliphatic heterocycles. The topological polar surface area (TPSA) is 50.7 Å². The van der Waals surface area contributed by atoms with Crippen LogP contribution in [0.3, 0.4) is 0 Å². The molecule has 0 aliphatic rings. The highest BCUT2D eigenvalue weighted by molar-refractivity contribution is 6.02. The molecule has 0 atom stereocenters. The number of hydrazone groups is 1. The standard InChI is InChI=1S/C17H18N2O2/c1-2-21-17(20)19-18-16(15-11-7-4-8-12-15)13-14-9-5-3-6-10-14/h3-12H,2,13H2,1H3,(H,19,20). The van der Waals surface area contributed by atoms with Gasteiger partial charge in [-0.15, -0.1) is 0 Å². The summed E-state index contributed by atoms with van der Waals surface area (Å²) in [7, 11) is 0. The summed E-state index contributed by atoms with van der Waals surface area (Å²) in [5.74, 6) is 0. The predicted octanol–water partition coefficient (Wildman–Crippen LogP) is 3.38. The first-order valence-electron chi connectivity index (χ1n) is 6.88. The molecule has 4 nitrogen and oxygen atoms in total. The van der Waals surface area contributed by atoms with Crippen LogP contribution in [0.4, 0.5) is 4.79 Å². The molecule has 2 aromatic carbocycles. The molecule has 1 amide bonds.